The van der Waals surface area contributed by atoms with Gasteiger partial charge >= 0.3 is 16.5 Å². The molecule has 3 rings (SSSR count). The van der Waals surface area contributed by atoms with Gasteiger partial charge in [-0.1, -0.05) is 72.6 Å². The molecule has 2 unspecified atom stereocenters. The first-order valence-corrected chi connectivity index (χ1v) is 22.2. The second-order valence-corrected chi connectivity index (χ2v) is 17.9. The fraction of sp³-hybridized carbons (Fsp3) is 0.825. The van der Waals surface area contributed by atoms with Gasteiger partial charge in [-0.25, -0.2) is 0 Å². The van der Waals surface area contributed by atoms with Crippen LogP contribution >= 0.6 is 16.5 Å². The Kier molecular flexibility index (Phi) is 18.9. The molecule has 1 amide bonds. The lowest BCUT2D eigenvalue weighted by molar-refractivity contribution is -0.133. The molecule has 12 heteroatoms. The van der Waals surface area contributed by atoms with Gasteiger partial charge in [0.05, 0.1) is 19.2 Å². The van der Waals surface area contributed by atoms with Crippen LogP contribution < -0.4 is 9.47 Å². The number of nitrogens with zero attached hydrogens (tertiary/aromatic N) is 1. The minimum absolute atomic E-state index is 0.131. The van der Waals surface area contributed by atoms with Gasteiger partial charge in [-0.3, -0.25) is 4.79 Å². The van der Waals surface area contributed by atoms with E-state index in [0.717, 1.165) is 78.0 Å². The zero-order chi connectivity index (χ0) is 38.4. The van der Waals surface area contributed by atoms with E-state index in [1.165, 1.54) is 61.8 Å². The van der Waals surface area contributed by atoms with Gasteiger partial charge in [0.2, 0.25) is 5.91 Å². The molecule has 7 atom stereocenters. The third kappa shape index (κ3) is 14.5. The molecule has 10 nitrogen and oxygen atoms in total. The van der Waals surface area contributed by atoms with Crippen molar-refractivity contribution in [3.8, 4) is 11.5 Å². The van der Waals surface area contributed by atoms with E-state index in [0.29, 0.717) is 19.4 Å². The van der Waals surface area contributed by atoms with Crippen molar-refractivity contribution < 1.29 is 42.2 Å². The second kappa shape index (κ2) is 22.0. The van der Waals surface area contributed by atoms with Gasteiger partial charge in [-0.05, 0) is 107 Å². The molecule has 1 fully saturated rings. The normalized spacial score (nSPS) is 21.9. The van der Waals surface area contributed by atoms with E-state index in [4.69, 9.17) is 28.3 Å². The van der Waals surface area contributed by atoms with Gasteiger partial charge in [0.15, 0.2) is 0 Å². The summed E-state index contributed by atoms with van der Waals surface area (Å²) in [5.41, 5.74) is 4.56. The third-order valence-corrected chi connectivity index (χ3v) is 12.3. The minimum Gasteiger partial charge on any atom is -0.493 e. The number of ether oxygens (including phenoxy) is 2. The first-order chi connectivity index (χ1) is 24.6. The molecule has 2 heterocycles. The van der Waals surface area contributed by atoms with E-state index >= 15 is 0 Å². The number of likely N-dealkylation sites (tertiary alicyclic amines) is 1. The Morgan fingerprint density at radius 2 is 1.54 bits per heavy atom. The van der Waals surface area contributed by atoms with Gasteiger partial charge in [-0.2, -0.15) is 0 Å². The van der Waals surface area contributed by atoms with E-state index in [2.05, 4.69) is 55.4 Å². The molecule has 1 aromatic rings. The molecule has 52 heavy (non-hydrogen) atoms. The van der Waals surface area contributed by atoms with E-state index in [-0.39, 0.29) is 31.1 Å². The Bertz CT molecular complexity index is 1320. The van der Waals surface area contributed by atoms with Crippen LogP contribution in [0.5, 0.6) is 11.5 Å². The van der Waals surface area contributed by atoms with Gasteiger partial charge in [0, 0.05) is 27.5 Å². The molecule has 2 N–H and O–H groups in total. The molecule has 0 spiro atoms. The summed E-state index contributed by atoms with van der Waals surface area (Å²) in [7, 11) is -5.61. The molecular weight excluding hydrogens is 700 g/mol. The largest absolute Gasteiger partial charge is 0.695 e. The van der Waals surface area contributed by atoms with E-state index in [1.54, 1.807) is 0 Å². The Labute approximate surface area is 316 Å². The van der Waals surface area contributed by atoms with Crippen LogP contribution in [0.4, 0.5) is 0 Å². The number of unbranched alkanes of at least 4 members (excludes halogenated alkanes) is 2. The summed E-state index contributed by atoms with van der Waals surface area (Å²) < 4.78 is 45.2. The quantitative estimate of drug-likeness (QED) is 0.0779. The molecule has 1 saturated heterocycles. The third-order valence-electron chi connectivity index (χ3n) is 11.4. The maximum absolute atomic E-state index is 13.0. The van der Waals surface area contributed by atoms with Crippen LogP contribution in [-0.4, -0.2) is 58.1 Å². The van der Waals surface area contributed by atoms with Crippen LogP contribution in [0.1, 0.15) is 153 Å². The van der Waals surface area contributed by atoms with Crippen molar-refractivity contribution >= 4 is 22.4 Å². The summed E-state index contributed by atoms with van der Waals surface area (Å²) in [5.74, 6) is 4.27. The van der Waals surface area contributed by atoms with Gasteiger partial charge < -0.3 is 14.4 Å². The standard InChI is InChI=1S/C40H67NO9P2/c1-28(2)15-12-16-29(3)17-13-18-30(4)19-14-22-40(8)23-21-36-33(7)38(31(5)32(6)39(36)49-40)47-24-11-9-10-20-37(42)41-26-35(50-52(45)46)25-34(41)27-48-51(43)44/h28-30,34-35H,9-27H2,1-8H3/p+2/t29-,30-,34+,35-,40-/m1/s1. The molecule has 0 saturated carbocycles. The summed E-state index contributed by atoms with van der Waals surface area (Å²) in [6, 6.07) is -0.483. The first-order valence-electron chi connectivity index (χ1n) is 20.0. The molecule has 296 valence electrons. The monoisotopic (exact) mass is 769 g/mol. The van der Waals surface area contributed by atoms with Crippen molar-refractivity contribution in [3.63, 3.8) is 0 Å². The topological polar surface area (TPSA) is 132 Å². The van der Waals surface area contributed by atoms with Crippen LogP contribution in [-0.2, 0) is 29.4 Å². The Morgan fingerprint density at radius 3 is 2.17 bits per heavy atom. The highest BCUT2D eigenvalue weighted by atomic mass is 31.1. The fourth-order valence-corrected chi connectivity index (χ4v) is 8.75. The Hall–Kier alpha value is -1.67. The lowest BCUT2D eigenvalue weighted by Crippen LogP contribution is -2.38. The Balaban J connectivity index is 1.42. The van der Waals surface area contributed by atoms with E-state index < -0.39 is 28.7 Å². The number of carbonyl (C=O) groups is 1. The van der Waals surface area contributed by atoms with Crippen molar-refractivity contribution in [2.45, 2.75) is 176 Å². The van der Waals surface area contributed by atoms with Gasteiger partial charge in [-0.15, -0.1) is 18.8 Å². The fourth-order valence-electron chi connectivity index (χ4n) is 8.04. The van der Waals surface area contributed by atoms with Crippen molar-refractivity contribution in [1.82, 2.24) is 4.90 Å². The number of hydrogen-bond acceptors (Lipinski definition) is 7. The first kappa shape index (κ1) is 44.7. The molecule has 0 aliphatic carbocycles. The molecule has 2 aliphatic rings. The summed E-state index contributed by atoms with van der Waals surface area (Å²) in [6.07, 6.45) is 15.8. The van der Waals surface area contributed by atoms with Crippen LogP contribution in [0, 0.1) is 38.5 Å². The highest BCUT2D eigenvalue weighted by molar-refractivity contribution is 7.32. The SMILES string of the molecule is Cc1c(C)c2c(c(C)c1OCCCCCC(=O)N1C[C@H](O[P+](=O)O)C[C@H]1CO[P+](=O)O)CC[C@@](C)(CCC[C@H](C)CCC[C@H](C)CCCC(C)C)O2. The maximum Gasteiger partial charge on any atom is 0.695 e. The number of hydrogen-bond donors (Lipinski definition) is 2. The molecule has 2 aliphatic heterocycles. The highest BCUT2D eigenvalue weighted by Gasteiger charge is 2.41. The van der Waals surface area contributed by atoms with E-state index in [1.807, 2.05) is 0 Å². The van der Waals surface area contributed by atoms with Crippen molar-refractivity contribution in [2.75, 3.05) is 19.8 Å². The number of amides is 1. The van der Waals surface area contributed by atoms with Crippen LogP contribution in [0.25, 0.3) is 0 Å². The number of fused-ring (bicyclic) bond motifs is 1. The predicted molar refractivity (Wildman–Crippen MR) is 207 cm³/mol. The zero-order valence-corrected chi connectivity index (χ0v) is 35.2. The molecule has 0 bridgehead atoms. The van der Waals surface area contributed by atoms with Crippen LogP contribution in [0.2, 0.25) is 0 Å². The summed E-state index contributed by atoms with van der Waals surface area (Å²) in [5, 5.41) is 0. The number of carbonyl (C=O) groups excluding carboxylic acids is 1. The van der Waals surface area contributed by atoms with Crippen LogP contribution in [0.3, 0.4) is 0 Å². The summed E-state index contributed by atoms with van der Waals surface area (Å²) in [4.78, 5) is 32.7. The average Bonchev–Trinajstić information content (AvgIpc) is 3.47. The lowest BCUT2D eigenvalue weighted by Gasteiger charge is -2.38. The molecule has 0 radical (unpaired) electrons. The maximum atomic E-state index is 13.0. The van der Waals surface area contributed by atoms with Crippen LogP contribution in [0.15, 0.2) is 0 Å². The minimum atomic E-state index is -2.81. The smallest absolute Gasteiger partial charge is 0.493 e. The summed E-state index contributed by atoms with van der Waals surface area (Å²) >= 11 is 0. The second-order valence-electron chi connectivity index (χ2n) is 16.5. The molecular formula is C40H69NO9P2+2. The molecule has 1 aromatic carbocycles. The van der Waals surface area contributed by atoms with Crippen molar-refractivity contribution in [3.05, 3.63) is 22.3 Å². The summed E-state index contributed by atoms with van der Waals surface area (Å²) in [6.45, 7) is 18.8. The number of rotatable bonds is 24. The van der Waals surface area contributed by atoms with E-state index in [9.17, 15) is 13.9 Å². The number of benzene rings is 1. The Morgan fingerprint density at radius 1 is 0.885 bits per heavy atom. The van der Waals surface area contributed by atoms with Gasteiger partial charge in [0.25, 0.3) is 0 Å². The highest BCUT2D eigenvalue weighted by Crippen LogP contribution is 2.45. The molecule has 0 aromatic heterocycles. The lowest BCUT2D eigenvalue weighted by atomic mass is 9.83. The predicted octanol–water partition coefficient (Wildman–Crippen LogP) is 10.4. The van der Waals surface area contributed by atoms with Gasteiger partial charge in [0.1, 0.15) is 29.8 Å². The van der Waals surface area contributed by atoms with Crippen molar-refractivity contribution in [2.24, 2.45) is 17.8 Å². The van der Waals surface area contributed by atoms with Crippen molar-refractivity contribution in [1.29, 1.82) is 0 Å². The average molecular weight is 770 g/mol. The zero-order valence-electron chi connectivity index (χ0n) is 33.4.